The van der Waals surface area contributed by atoms with Gasteiger partial charge in [0.15, 0.2) is 17.3 Å². The highest BCUT2D eigenvalue weighted by atomic mass is 16.7. The van der Waals surface area contributed by atoms with Gasteiger partial charge in [-0.1, -0.05) is 0 Å². The van der Waals surface area contributed by atoms with E-state index in [9.17, 15) is 4.79 Å². The van der Waals surface area contributed by atoms with Crippen molar-refractivity contribution in [3.05, 3.63) is 41.9 Å². The lowest BCUT2D eigenvalue weighted by atomic mass is 10.1. The Kier molecular flexibility index (Phi) is 4.34. The summed E-state index contributed by atoms with van der Waals surface area (Å²) in [6, 6.07) is 5.25. The van der Waals surface area contributed by atoms with Gasteiger partial charge in [-0.25, -0.2) is 4.98 Å². The average Bonchev–Trinajstić information content (AvgIpc) is 3.15. The van der Waals surface area contributed by atoms with Crippen LogP contribution >= 0.6 is 0 Å². The van der Waals surface area contributed by atoms with Crippen LogP contribution in [-0.4, -0.2) is 61.4 Å². The van der Waals surface area contributed by atoms with Crippen LogP contribution in [0.4, 0.5) is 5.82 Å². The molecular formula is C18H20N4O4. The summed E-state index contributed by atoms with van der Waals surface area (Å²) in [5.74, 6) is 1.95. The Morgan fingerprint density at radius 1 is 1.19 bits per heavy atom. The lowest BCUT2D eigenvalue weighted by molar-refractivity contribution is -0.0246. The highest BCUT2D eigenvalue weighted by Gasteiger charge is 2.30. The number of carbonyl (C=O) groups excluding carboxylic acids is 1. The van der Waals surface area contributed by atoms with E-state index in [0.29, 0.717) is 36.8 Å². The van der Waals surface area contributed by atoms with Crippen molar-refractivity contribution >= 4 is 11.7 Å². The average molecular weight is 356 g/mol. The van der Waals surface area contributed by atoms with Crippen molar-refractivity contribution in [3.8, 4) is 11.5 Å². The van der Waals surface area contributed by atoms with E-state index in [1.807, 2.05) is 19.0 Å². The fourth-order valence-electron chi connectivity index (χ4n) is 3.12. The molecule has 8 nitrogen and oxygen atoms in total. The maximum absolute atomic E-state index is 12.9. The molecule has 26 heavy (non-hydrogen) atoms. The first-order valence-electron chi connectivity index (χ1n) is 8.42. The molecule has 8 heteroatoms. The summed E-state index contributed by atoms with van der Waals surface area (Å²) in [6.07, 6.45) is 2.98. The molecule has 0 bridgehead atoms. The van der Waals surface area contributed by atoms with Crippen LogP contribution in [0.5, 0.6) is 11.5 Å². The van der Waals surface area contributed by atoms with Gasteiger partial charge in [0.1, 0.15) is 11.8 Å². The van der Waals surface area contributed by atoms with Gasteiger partial charge >= 0.3 is 0 Å². The zero-order chi connectivity index (χ0) is 18.1. The Morgan fingerprint density at radius 2 is 2.00 bits per heavy atom. The fraction of sp³-hybridized carbons (Fsp3) is 0.389. The summed E-state index contributed by atoms with van der Waals surface area (Å²) >= 11 is 0. The first-order chi connectivity index (χ1) is 12.6. The van der Waals surface area contributed by atoms with Crippen molar-refractivity contribution in [2.45, 2.75) is 6.10 Å². The highest BCUT2D eigenvalue weighted by molar-refractivity contribution is 5.95. The maximum atomic E-state index is 12.9. The molecule has 0 radical (unpaired) electrons. The Balaban J connectivity index is 1.55. The van der Waals surface area contributed by atoms with Gasteiger partial charge in [-0.2, -0.15) is 0 Å². The number of nitrogens with zero attached hydrogens (tertiary/aromatic N) is 4. The molecule has 2 aliphatic rings. The number of morpholine rings is 1. The lowest BCUT2D eigenvalue weighted by Gasteiger charge is -2.33. The van der Waals surface area contributed by atoms with Crippen LogP contribution in [-0.2, 0) is 4.74 Å². The van der Waals surface area contributed by atoms with Crippen LogP contribution in [0.3, 0.4) is 0 Å². The van der Waals surface area contributed by atoms with Crippen molar-refractivity contribution in [1.82, 2.24) is 14.9 Å². The van der Waals surface area contributed by atoms with E-state index in [2.05, 4.69) is 9.97 Å². The summed E-state index contributed by atoms with van der Waals surface area (Å²) in [7, 11) is 3.82. The zero-order valence-corrected chi connectivity index (χ0v) is 14.7. The van der Waals surface area contributed by atoms with Gasteiger partial charge < -0.3 is 24.0 Å². The van der Waals surface area contributed by atoms with Crippen LogP contribution in [0.15, 0.2) is 30.6 Å². The second kappa shape index (κ2) is 6.80. The maximum Gasteiger partial charge on any atom is 0.254 e. The Hall–Kier alpha value is -2.87. The SMILES string of the molecule is CN(C)c1nccnc1[C@H]1CN(C(=O)c2ccc3c(c2)OCO3)CCO1. The third-order valence-corrected chi connectivity index (χ3v) is 4.41. The van der Waals surface area contributed by atoms with Crippen LogP contribution in [0, 0.1) is 0 Å². The molecule has 0 unspecified atom stereocenters. The van der Waals surface area contributed by atoms with Crippen LogP contribution in [0.25, 0.3) is 0 Å². The lowest BCUT2D eigenvalue weighted by Crippen LogP contribution is -2.42. The quantitative estimate of drug-likeness (QED) is 0.824. The summed E-state index contributed by atoms with van der Waals surface area (Å²) < 4.78 is 16.5. The monoisotopic (exact) mass is 356 g/mol. The van der Waals surface area contributed by atoms with E-state index < -0.39 is 0 Å². The van der Waals surface area contributed by atoms with Crippen LogP contribution < -0.4 is 14.4 Å². The van der Waals surface area contributed by atoms with E-state index >= 15 is 0 Å². The van der Waals surface area contributed by atoms with Gasteiger partial charge in [0.25, 0.3) is 5.91 Å². The summed E-state index contributed by atoms with van der Waals surface area (Å²) in [5, 5.41) is 0. The number of hydrogen-bond acceptors (Lipinski definition) is 7. The normalized spacial score (nSPS) is 18.7. The van der Waals surface area contributed by atoms with Crippen molar-refractivity contribution in [1.29, 1.82) is 0 Å². The van der Waals surface area contributed by atoms with Crippen LogP contribution in [0.2, 0.25) is 0 Å². The number of ether oxygens (including phenoxy) is 3. The fourth-order valence-corrected chi connectivity index (χ4v) is 3.12. The van der Waals surface area contributed by atoms with Gasteiger partial charge in [0.2, 0.25) is 6.79 Å². The molecular weight excluding hydrogens is 336 g/mol. The first-order valence-corrected chi connectivity index (χ1v) is 8.42. The van der Waals surface area contributed by atoms with Crippen LogP contribution in [0.1, 0.15) is 22.2 Å². The smallest absolute Gasteiger partial charge is 0.254 e. The molecule has 1 atom stereocenters. The molecule has 136 valence electrons. The minimum atomic E-state index is -0.312. The van der Waals surface area contributed by atoms with Gasteiger partial charge in [0.05, 0.1) is 13.2 Å². The third-order valence-electron chi connectivity index (χ3n) is 4.41. The number of rotatable bonds is 3. The standard InChI is InChI=1S/C18H20N4O4/c1-21(2)17-16(19-5-6-20-17)15-10-22(7-8-24-15)18(23)12-3-4-13-14(9-12)26-11-25-13/h3-6,9,15H,7-8,10-11H2,1-2H3/t15-/m1/s1. The predicted molar refractivity (Wildman–Crippen MR) is 93.5 cm³/mol. The molecule has 1 fully saturated rings. The molecule has 1 saturated heterocycles. The number of anilines is 1. The minimum absolute atomic E-state index is 0.0631. The molecule has 2 aromatic rings. The van der Waals surface area contributed by atoms with E-state index in [-0.39, 0.29) is 18.8 Å². The van der Waals surface area contributed by atoms with Gasteiger partial charge in [-0.15, -0.1) is 0 Å². The molecule has 0 N–H and O–H groups in total. The second-order valence-electron chi connectivity index (χ2n) is 6.34. The molecule has 0 spiro atoms. The Labute approximate surface area is 151 Å². The number of amides is 1. The molecule has 3 heterocycles. The zero-order valence-electron chi connectivity index (χ0n) is 14.7. The third kappa shape index (κ3) is 3.03. The van der Waals surface area contributed by atoms with E-state index in [1.54, 1.807) is 35.5 Å². The predicted octanol–water partition coefficient (Wildman–Crippen LogP) is 1.48. The minimum Gasteiger partial charge on any atom is -0.454 e. The summed E-state index contributed by atoms with van der Waals surface area (Å²) in [6.45, 7) is 1.59. The van der Waals surface area contributed by atoms with E-state index in [1.165, 1.54) is 0 Å². The molecule has 1 aromatic carbocycles. The number of fused-ring (bicyclic) bond motifs is 1. The highest BCUT2D eigenvalue weighted by Crippen LogP contribution is 2.33. The molecule has 1 aromatic heterocycles. The number of hydrogen-bond donors (Lipinski definition) is 0. The van der Waals surface area contributed by atoms with Crippen molar-refractivity contribution in [3.63, 3.8) is 0 Å². The number of aromatic nitrogens is 2. The van der Waals surface area contributed by atoms with Gasteiger partial charge in [-0.05, 0) is 18.2 Å². The first kappa shape index (κ1) is 16.6. The molecule has 1 amide bonds. The Morgan fingerprint density at radius 3 is 2.85 bits per heavy atom. The van der Waals surface area contributed by atoms with E-state index in [4.69, 9.17) is 14.2 Å². The van der Waals surface area contributed by atoms with Gasteiger partial charge in [0, 0.05) is 38.6 Å². The van der Waals surface area contributed by atoms with Crippen molar-refractivity contribution in [2.24, 2.45) is 0 Å². The second-order valence-corrected chi connectivity index (χ2v) is 6.34. The topological polar surface area (TPSA) is 77.0 Å². The largest absolute Gasteiger partial charge is 0.454 e. The number of benzene rings is 1. The van der Waals surface area contributed by atoms with Crippen molar-refractivity contribution in [2.75, 3.05) is 45.5 Å². The summed E-state index contributed by atoms with van der Waals surface area (Å²) in [5.41, 5.74) is 1.31. The van der Waals surface area contributed by atoms with Crippen molar-refractivity contribution < 1.29 is 19.0 Å². The molecule has 0 saturated carbocycles. The van der Waals surface area contributed by atoms with E-state index in [0.717, 1.165) is 11.5 Å². The molecule has 4 rings (SSSR count). The Bertz CT molecular complexity index is 827. The number of carbonyl (C=O) groups is 1. The summed E-state index contributed by atoms with van der Waals surface area (Å²) in [4.78, 5) is 25.4. The molecule has 0 aliphatic carbocycles. The van der Waals surface area contributed by atoms with Gasteiger partial charge in [-0.3, -0.25) is 9.78 Å². The molecule has 2 aliphatic heterocycles.